The van der Waals surface area contributed by atoms with Crippen LogP contribution in [0.3, 0.4) is 0 Å². The maximum absolute atomic E-state index is 2.63. The fraction of sp³-hybridized carbons (Fsp3) is 0.0526. The second-order valence-electron chi connectivity index (χ2n) is 12.2. The number of anilines is 4. The average molecular weight is 532 g/mol. The number of hydrogen-bond donors (Lipinski definition) is 0. The van der Waals surface area contributed by atoms with Gasteiger partial charge in [0.2, 0.25) is 0 Å². The molecule has 4 heteroatoms. The van der Waals surface area contributed by atoms with Crippen LogP contribution >= 0.6 is 0 Å². The number of aryl methyl sites for hydroxylation is 2. The van der Waals surface area contributed by atoms with E-state index in [0.717, 1.165) is 0 Å². The molecular formula is C38H26B2N2. The molecule has 10 rings (SSSR count). The lowest BCUT2D eigenvalue weighted by molar-refractivity contribution is 1.30. The van der Waals surface area contributed by atoms with Gasteiger partial charge in [0.05, 0.1) is 0 Å². The highest BCUT2D eigenvalue weighted by Gasteiger charge is 2.49. The first kappa shape index (κ1) is 22.7. The minimum Gasteiger partial charge on any atom is -0.376 e. The SMILES string of the molecule is Cc1ccc2c(c1)-c1cc(C)ccc1N1B2c2cccc3c2-c2c(cccc21)B1c2ccccc2-c2ccccc2N13. The molecule has 0 fully saturated rings. The Bertz CT molecular complexity index is 2010. The molecule has 4 aliphatic heterocycles. The van der Waals surface area contributed by atoms with Gasteiger partial charge in [-0.2, -0.15) is 0 Å². The number of nitrogens with zero attached hydrogens (tertiary/aromatic N) is 2. The van der Waals surface area contributed by atoms with Crippen molar-refractivity contribution < 1.29 is 0 Å². The minimum atomic E-state index is 0.109. The molecule has 0 aliphatic carbocycles. The second kappa shape index (κ2) is 7.86. The van der Waals surface area contributed by atoms with Crippen LogP contribution in [-0.4, -0.2) is 13.7 Å². The molecule has 0 radical (unpaired) electrons. The molecule has 0 saturated heterocycles. The maximum Gasteiger partial charge on any atom is 0.329 e. The van der Waals surface area contributed by atoms with Gasteiger partial charge in [0.25, 0.3) is 0 Å². The van der Waals surface area contributed by atoms with Gasteiger partial charge in [0.15, 0.2) is 0 Å². The Morgan fingerprint density at radius 2 is 0.881 bits per heavy atom. The summed E-state index contributed by atoms with van der Waals surface area (Å²) in [7, 11) is 0. The lowest BCUT2D eigenvalue weighted by Gasteiger charge is -2.49. The molecule has 0 bridgehead atoms. The predicted molar refractivity (Wildman–Crippen MR) is 179 cm³/mol. The lowest BCUT2D eigenvalue weighted by atomic mass is 9.38. The first-order chi connectivity index (χ1) is 20.7. The summed E-state index contributed by atoms with van der Waals surface area (Å²) < 4.78 is 0. The number of benzene rings is 6. The molecule has 4 aliphatic rings. The summed E-state index contributed by atoms with van der Waals surface area (Å²) in [5.41, 5.74) is 21.4. The normalized spacial score (nSPS) is 14.2. The summed E-state index contributed by atoms with van der Waals surface area (Å²) in [5.74, 6) is 0. The summed E-state index contributed by atoms with van der Waals surface area (Å²) in [5, 5.41) is 0. The monoisotopic (exact) mass is 532 g/mol. The van der Waals surface area contributed by atoms with Gasteiger partial charge in [0, 0.05) is 45.0 Å². The molecule has 6 aromatic carbocycles. The number of fused-ring (bicyclic) bond motifs is 16. The number of hydrogen-bond acceptors (Lipinski definition) is 2. The van der Waals surface area contributed by atoms with E-state index in [1.165, 1.54) is 89.1 Å². The summed E-state index contributed by atoms with van der Waals surface area (Å²) in [6.07, 6.45) is 0. The van der Waals surface area contributed by atoms with E-state index in [2.05, 4.69) is 145 Å². The molecule has 0 atom stereocenters. The van der Waals surface area contributed by atoms with Crippen LogP contribution in [0.4, 0.5) is 22.7 Å². The summed E-state index contributed by atoms with van der Waals surface area (Å²) in [6.45, 7) is 4.64. The Kier molecular flexibility index (Phi) is 4.25. The van der Waals surface area contributed by atoms with E-state index in [-0.39, 0.29) is 13.7 Å². The van der Waals surface area contributed by atoms with E-state index in [1.54, 1.807) is 0 Å². The van der Waals surface area contributed by atoms with E-state index in [1.807, 2.05) is 0 Å². The fourth-order valence-electron chi connectivity index (χ4n) is 8.33. The first-order valence-corrected chi connectivity index (χ1v) is 14.9. The molecule has 0 saturated carbocycles. The van der Waals surface area contributed by atoms with Crippen LogP contribution in [0.25, 0.3) is 33.4 Å². The third-order valence-corrected chi connectivity index (χ3v) is 9.94. The standard InChI is InChI=1S/C38H26B2N2/c1-23-17-19-30-27(21-23)28-22-24(2)18-20-34(28)42-36-16-7-12-31-37(36)38-32(40(30)42)13-8-15-35(38)41-33-14-6-4-10-26(33)25-9-3-5-11-29(25)39(31)41/h3-22H,1-2H3. The Labute approximate surface area is 247 Å². The highest BCUT2D eigenvalue weighted by Crippen LogP contribution is 2.52. The molecule has 2 nitrogen and oxygen atoms in total. The van der Waals surface area contributed by atoms with Crippen LogP contribution in [-0.2, 0) is 0 Å². The van der Waals surface area contributed by atoms with Gasteiger partial charge >= 0.3 is 13.7 Å². The molecule has 42 heavy (non-hydrogen) atoms. The van der Waals surface area contributed by atoms with Crippen molar-refractivity contribution in [3.05, 3.63) is 132 Å². The zero-order valence-electron chi connectivity index (χ0n) is 23.6. The highest BCUT2D eigenvalue weighted by atomic mass is 15.1. The third-order valence-electron chi connectivity index (χ3n) is 9.94. The Hall–Kier alpha value is -4.95. The van der Waals surface area contributed by atoms with Crippen LogP contribution in [0.5, 0.6) is 0 Å². The minimum absolute atomic E-state index is 0.109. The second-order valence-corrected chi connectivity index (χ2v) is 12.2. The fourth-order valence-corrected chi connectivity index (χ4v) is 8.33. The third kappa shape index (κ3) is 2.68. The smallest absolute Gasteiger partial charge is 0.329 e. The Morgan fingerprint density at radius 3 is 1.60 bits per heavy atom. The van der Waals surface area contributed by atoms with Crippen molar-refractivity contribution in [2.75, 3.05) is 9.62 Å². The molecule has 194 valence electrons. The maximum atomic E-state index is 2.63. The Balaban J connectivity index is 1.34. The van der Waals surface area contributed by atoms with Crippen LogP contribution < -0.4 is 31.5 Å². The molecule has 0 aromatic heterocycles. The molecule has 4 heterocycles. The average Bonchev–Trinajstić information content (AvgIpc) is 3.03. The highest BCUT2D eigenvalue weighted by molar-refractivity contribution is 6.96. The van der Waals surface area contributed by atoms with Gasteiger partial charge in [-0.3, -0.25) is 0 Å². The molecule has 0 spiro atoms. The summed E-state index contributed by atoms with van der Waals surface area (Å²) >= 11 is 0. The van der Waals surface area contributed by atoms with Crippen molar-refractivity contribution in [2.45, 2.75) is 13.8 Å². The molecular weight excluding hydrogens is 506 g/mol. The van der Waals surface area contributed by atoms with Gasteiger partial charge in [-0.15, -0.1) is 0 Å². The van der Waals surface area contributed by atoms with Crippen LogP contribution in [0.15, 0.2) is 121 Å². The molecule has 0 N–H and O–H groups in total. The molecule has 0 amide bonds. The van der Waals surface area contributed by atoms with Crippen molar-refractivity contribution in [1.82, 2.24) is 0 Å². The summed E-state index contributed by atoms with van der Waals surface area (Å²) in [6, 6.07) is 46.0. The predicted octanol–water partition coefficient (Wildman–Crippen LogP) is 6.45. The van der Waals surface area contributed by atoms with Crippen LogP contribution in [0, 0.1) is 13.8 Å². The quantitative estimate of drug-likeness (QED) is 0.208. The van der Waals surface area contributed by atoms with E-state index < -0.39 is 0 Å². The zero-order valence-corrected chi connectivity index (χ0v) is 23.6. The van der Waals surface area contributed by atoms with Crippen LogP contribution in [0.2, 0.25) is 0 Å². The van der Waals surface area contributed by atoms with E-state index in [9.17, 15) is 0 Å². The van der Waals surface area contributed by atoms with Gasteiger partial charge in [-0.05, 0) is 77.2 Å². The molecule has 0 unspecified atom stereocenters. The Morgan fingerprint density at radius 1 is 0.381 bits per heavy atom. The van der Waals surface area contributed by atoms with Crippen molar-refractivity contribution in [3.63, 3.8) is 0 Å². The number of para-hydroxylation sites is 1. The van der Waals surface area contributed by atoms with Gasteiger partial charge < -0.3 is 9.62 Å². The number of rotatable bonds is 0. The zero-order chi connectivity index (χ0) is 27.7. The topological polar surface area (TPSA) is 6.48 Å². The van der Waals surface area contributed by atoms with Crippen LogP contribution in [0.1, 0.15) is 11.1 Å². The van der Waals surface area contributed by atoms with E-state index >= 15 is 0 Å². The van der Waals surface area contributed by atoms with Gasteiger partial charge in [-0.1, -0.05) is 102 Å². The lowest BCUT2D eigenvalue weighted by Crippen LogP contribution is -2.65. The summed E-state index contributed by atoms with van der Waals surface area (Å²) in [4.78, 5) is 5.25. The van der Waals surface area contributed by atoms with Gasteiger partial charge in [0.1, 0.15) is 0 Å². The van der Waals surface area contributed by atoms with Crippen molar-refractivity contribution in [3.8, 4) is 33.4 Å². The first-order valence-electron chi connectivity index (χ1n) is 14.9. The van der Waals surface area contributed by atoms with Gasteiger partial charge in [-0.25, -0.2) is 0 Å². The van der Waals surface area contributed by atoms with E-state index in [4.69, 9.17) is 0 Å². The molecule has 6 aromatic rings. The van der Waals surface area contributed by atoms with E-state index in [0.29, 0.717) is 0 Å². The van der Waals surface area contributed by atoms with Crippen molar-refractivity contribution in [2.24, 2.45) is 0 Å². The largest absolute Gasteiger partial charge is 0.376 e. The van der Waals surface area contributed by atoms with Crippen molar-refractivity contribution in [1.29, 1.82) is 0 Å². The van der Waals surface area contributed by atoms with Crippen molar-refractivity contribution >= 4 is 58.3 Å².